The molecule has 0 unspecified atom stereocenters. The van der Waals surface area contributed by atoms with Gasteiger partial charge in [0.05, 0.1) is 6.61 Å². The fourth-order valence-corrected chi connectivity index (χ4v) is 4.08. The van der Waals surface area contributed by atoms with E-state index in [4.69, 9.17) is 23.7 Å². The van der Waals surface area contributed by atoms with Crippen molar-refractivity contribution in [1.82, 2.24) is 0 Å². The zero-order chi connectivity index (χ0) is 27.9. The first-order valence-corrected chi connectivity index (χ1v) is 13.7. The fourth-order valence-electron chi connectivity index (χ4n) is 4.08. The van der Waals surface area contributed by atoms with Crippen molar-refractivity contribution >= 4 is 12.1 Å². The second-order valence-corrected chi connectivity index (χ2v) is 9.73. The number of halogens is 1. The van der Waals surface area contributed by atoms with Gasteiger partial charge in [0, 0.05) is 12.2 Å². The fraction of sp³-hybridized carbons (Fsp3) is 0.484. The third-order valence-corrected chi connectivity index (χ3v) is 6.36. The average Bonchev–Trinajstić information content (AvgIpc) is 2.93. The number of carbonyl (C=O) groups excluding carboxylic acids is 2. The molecule has 0 atom stereocenters. The highest BCUT2D eigenvalue weighted by Crippen LogP contribution is 2.27. The van der Waals surface area contributed by atoms with Gasteiger partial charge in [0.1, 0.15) is 25.1 Å². The van der Waals surface area contributed by atoms with Gasteiger partial charge in [-0.25, -0.2) is 14.0 Å². The van der Waals surface area contributed by atoms with Crippen molar-refractivity contribution in [3.63, 3.8) is 0 Å². The maximum atomic E-state index is 14.4. The number of hydrogen-bond donors (Lipinski definition) is 0. The maximum absolute atomic E-state index is 14.4. The lowest BCUT2D eigenvalue weighted by atomic mass is 10.1. The molecule has 39 heavy (non-hydrogen) atoms. The second kappa shape index (κ2) is 16.5. The lowest BCUT2D eigenvalue weighted by Crippen LogP contribution is -2.34. The van der Waals surface area contributed by atoms with Crippen molar-refractivity contribution in [2.45, 2.75) is 70.8 Å². The van der Waals surface area contributed by atoms with Crippen LogP contribution >= 0.6 is 0 Å². The minimum absolute atomic E-state index is 0.115. The lowest BCUT2D eigenvalue weighted by Gasteiger charge is -2.21. The topological polar surface area (TPSA) is 80.3 Å². The highest BCUT2D eigenvalue weighted by atomic mass is 19.1. The molecule has 1 aliphatic rings. The molecule has 0 bridgehead atoms. The van der Waals surface area contributed by atoms with Crippen molar-refractivity contribution in [3.8, 4) is 22.6 Å². The Morgan fingerprint density at radius 3 is 2.03 bits per heavy atom. The zero-order valence-corrected chi connectivity index (χ0v) is 22.8. The number of rotatable bonds is 17. The molecule has 0 spiro atoms. The number of cyclic esters (lactones) is 2. The first-order chi connectivity index (χ1) is 18.9. The summed E-state index contributed by atoms with van der Waals surface area (Å²) in [7, 11) is 0. The van der Waals surface area contributed by atoms with Gasteiger partial charge in [-0.15, -0.1) is 0 Å². The van der Waals surface area contributed by atoms with Gasteiger partial charge in [-0.3, -0.25) is 0 Å². The summed E-state index contributed by atoms with van der Waals surface area (Å²) in [4.78, 5) is 22.4. The number of unbranched alkanes of at least 4 members (excludes halogenated alkanes) is 8. The van der Waals surface area contributed by atoms with Crippen LogP contribution in [0, 0.1) is 5.82 Å². The Balaban J connectivity index is 1.19. The monoisotopic (exact) mass is 542 g/mol. The number of esters is 1. The molecule has 7 nitrogen and oxygen atoms in total. The Hall–Kier alpha value is -3.39. The van der Waals surface area contributed by atoms with Gasteiger partial charge in [0.2, 0.25) is 0 Å². The number of hydrogen-bond acceptors (Lipinski definition) is 7. The van der Waals surface area contributed by atoms with Crippen LogP contribution in [0.3, 0.4) is 0 Å². The molecule has 0 radical (unpaired) electrons. The molecule has 0 N–H and O–H groups in total. The van der Waals surface area contributed by atoms with Gasteiger partial charge >= 0.3 is 12.1 Å². The summed E-state index contributed by atoms with van der Waals surface area (Å²) >= 11 is 0. The molecule has 1 heterocycles. The molecule has 2 aromatic rings. The van der Waals surface area contributed by atoms with Crippen LogP contribution in [0.15, 0.2) is 54.6 Å². The molecule has 1 saturated heterocycles. The van der Waals surface area contributed by atoms with Crippen LogP contribution in [0.5, 0.6) is 11.5 Å². The van der Waals surface area contributed by atoms with Crippen LogP contribution < -0.4 is 9.47 Å². The van der Waals surface area contributed by atoms with E-state index in [1.54, 1.807) is 6.07 Å². The molecule has 0 amide bonds. The normalized spacial score (nSPS) is 13.4. The summed E-state index contributed by atoms with van der Waals surface area (Å²) in [6.07, 6.45) is 9.68. The Labute approximate surface area is 230 Å². The van der Waals surface area contributed by atoms with Gasteiger partial charge in [-0.05, 0) is 55.2 Å². The quantitative estimate of drug-likeness (QED) is 0.0891. The molecule has 3 rings (SSSR count). The van der Waals surface area contributed by atoms with Gasteiger partial charge in [0.25, 0.3) is 0 Å². The lowest BCUT2D eigenvalue weighted by molar-refractivity contribution is -0.130. The van der Waals surface area contributed by atoms with Crippen molar-refractivity contribution in [3.05, 3.63) is 60.4 Å². The molecule has 0 aromatic heterocycles. The molecule has 2 aromatic carbocycles. The van der Waals surface area contributed by atoms with E-state index >= 15 is 0 Å². The molecule has 1 fully saturated rings. The summed E-state index contributed by atoms with van der Waals surface area (Å²) in [5, 5.41) is 0. The van der Waals surface area contributed by atoms with Crippen molar-refractivity contribution in [2.75, 3.05) is 26.4 Å². The average molecular weight is 543 g/mol. The van der Waals surface area contributed by atoms with Crippen LogP contribution in [0.2, 0.25) is 0 Å². The van der Waals surface area contributed by atoms with E-state index in [2.05, 4.69) is 6.58 Å². The molecule has 0 saturated carbocycles. The highest BCUT2D eigenvalue weighted by molar-refractivity contribution is 5.88. The standard InChI is InChI=1S/C31H39FO7/c1-23(2)30(33)39-29-17-14-25(20-28(29)32)24-12-15-26(16-13-24)35-18-10-8-6-4-3-5-7-9-11-19-36-27-21-37-31(34)38-22-27/h12-17,20,27H,1,3-11,18-19,21-22H2,2H3. The predicted molar refractivity (Wildman–Crippen MR) is 146 cm³/mol. The first kappa shape index (κ1) is 30.2. The molecular weight excluding hydrogens is 503 g/mol. The van der Waals surface area contributed by atoms with Gasteiger partial charge in [-0.2, -0.15) is 0 Å². The number of ether oxygens (including phenoxy) is 5. The van der Waals surface area contributed by atoms with Crippen LogP contribution in [0.25, 0.3) is 11.1 Å². The predicted octanol–water partition coefficient (Wildman–Crippen LogP) is 7.42. The molecule has 0 aliphatic carbocycles. The van der Waals surface area contributed by atoms with Crippen LogP contribution in [0.1, 0.15) is 64.7 Å². The highest BCUT2D eigenvalue weighted by Gasteiger charge is 2.21. The largest absolute Gasteiger partial charge is 0.508 e. The van der Waals surface area contributed by atoms with E-state index in [1.807, 2.05) is 24.3 Å². The molecule has 8 heteroatoms. The van der Waals surface area contributed by atoms with Crippen LogP contribution in [-0.2, 0) is 19.0 Å². The smallest absolute Gasteiger partial charge is 0.494 e. The Morgan fingerprint density at radius 1 is 0.872 bits per heavy atom. The summed E-state index contributed by atoms with van der Waals surface area (Å²) in [5.74, 6) is -0.586. The SMILES string of the molecule is C=C(C)C(=O)Oc1ccc(-c2ccc(OCCCCCCCCCCCOC3COC(=O)OC3)cc2)cc1F. The van der Waals surface area contributed by atoms with Gasteiger partial charge in [0.15, 0.2) is 11.6 Å². The summed E-state index contributed by atoms with van der Waals surface area (Å²) in [5.41, 5.74) is 1.74. The Morgan fingerprint density at radius 2 is 1.44 bits per heavy atom. The van der Waals surface area contributed by atoms with E-state index in [9.17, 15) is 14.0 Å². The third-order valence-electron chi connectivity index (χ3n) is 6.36. The van der Waals surface area contributed by atoms with Gasteiger partial charge in [-0.1, -0.05) is 69.7 Å². The number of benzene rings is 2. The minimum Gasteiger partial charge on any atom is -0.494 e. The molecule has 212 valence electrons. The first-order valence-electron chi connectivity index (χ1n) is 13.7. The molecule has 1 aliphatic heterocycles. The summed E-state index contributed by atoms with van der Waals surface area (Å²) < 4.78 is 40.4. The van der Waals surface area contributed by atoms with E-state index in [-0.39, 0.29) is 30.6 Å². The maximum Gasteiger partial charge on any atom is 0.508 e. The minimum atomic E-state index is -0.652. The van der Waals surface area contributed by atoms with Crippen molar-refractivity contribution < 1.29 is 37.7 Å². The van der Waals surface area contributed by atoms with Crippen molar-refractivity contribution in [2.24, 2.45) is 0 Å². The van der Waals surface area contributed by atoms with E-state index in [1.165, 1.54) is 51.2 Å². The second-order valence-electron chi connectivity index (χ2n) is 9.73. The van der Waals surface area contributed by atoms with Crippen molar-refractivity contribution in [1.29, 1.82) is 0 Å². The third kappa shape index (κ3) is 11.1. The van der Waals surface area contributed by atoms with E-state index in [0.29, 0.717) is 18.8 Å². The summed E-state index contributed by atoms with van der Waals surface area (Å²) in [6, 6.07) is 12.0. The summed E-state index contributed by atoms with van der Waals surface area (Å²) in [6.45, 7) is 6.93. The van der Waals surface area contributed by atoms with Crippen LogP contribution in [0.4, 0.5) is 9.18 Å². The Bertz CT molecular complexity index is 1060. The molecular formula is C31H39FO7. The van der Waals surface area contributed by atoms with E-state index in [0.717, 1.165) is 37.0 Å². The van der Waals surface area contributed by atoms with Crippen LogP contribution in [-0.4, -0.2) is 44.7 Å². The van der Waals surface area contributed by atoms with E-state index < -0.39 is 17.9 Å². The number of carbonyl (C=O) groups is 2. The Kier molecular flexibility index (Phi) is 12.8. The zero-order valence-electron chi connectivity index (χ0n) is 22.8. The van der Waals surface area contributed by atoms with Gasteiger partial charge < -0.3 is 23.7 Å².